The van der Waals surface area contributed by atoms with Gasteiger partial charge in [0.15, 0.2) is 0 Å². The number of nitrogens with one attached hydrogen (secondary N) is 2. The zero-order chi connectivity index (χ0) is 22.3. The molecular weight excluding hydrogens is 416 g/mol. The first-order valence-electron chi connectivity index (χ1n) is 9.82. The number of hydrogen-bond donors (Lipinski definition) is 2. The minimum absolute atomic E-state index is 0.0779. The molecule has 0 heterocycles. The van der Waals surface area contributed by atoms with Gasteiger partial charge < -0.3 is 14.8 Å². The number of para-hydroxylation sites is 1. The maximum Gasteiger partial charge on any atom is 0.261 e. The third kappa shape index (κ3) is 5.76. The average Bonchev–Trinajstić information content (AvgIpc) is 2.76. The fourth-order valence-electron chi connectivity index (χ4n) is 2.85. The van der Waals surface area contributed by atoms with E-state index < -0.39 is 10.0 Å². The van der Waals surface area contributed by atoms with Crippen LogP contribution in [0.25, 0.3) is 0 Å². The van der Waals surface area contributed by atoms with E-state index in [2.05, 4.69) is 10.0 Å². The predicted octanol–water partition coefficient (Wildman–Crippen LogP) is 4.54. The molecule has 0 atom stereocenters. The second-order valence-corrected chi connectivity index (χ2v) is 8.15. The fourth-order valence-corrected chi connectivity index (χ4v) is 3.91. The highest BCUT2D eigenvalue weighted by Gasteiger charge is 2.16. The zero-order valence-electron chi connectivity index (χ0n) is 17.3. The molecule has 0 aliphatic rings. The van der Waals surface area contributed by atoms with E-state index >= 15 is 0 Å². The van der Waals surface area contributed by atoms with Gasteiger partial charge in [-0.05, 0) is 74.5 Å². The van der Waals surface area contributed by atoms with Gasteiger partial charge in [0.2, 0.25) is 0 Å². The topological polar surface area (TPSA) is 93.7 Å². The van der Waals surface area contributed by atoms with E-state index in [9.17, 15) is 13.2 Å². The summed E-state index contributed by atoms with van der Waals surface area (Å²) in [6.07, 6.45) is 0. The van der Waals surface area contributed by atoms with Crippen molar-refractivity contribution in [3.05, 3.63) is 78.4 Å². The Morgan fingerprint density at radius 2 is 1.42 bits per heavy atom. The van der Waals surface area contributed by atoms with Crippen LogP contribution in [0.2, 0.25) is 0 Å². The van der Waals surface area contributed by atoms with Crippen molar-refractivity contribution in [2.24, 2.45) is 0 Å². The number of carbonyl (C=O) groups excluding carboxylic acids is 1. The first-order valence-corrected chi connectivity index (χ1v) is 11.3. The van der Waals surface area contributed by atoms with E-state index in [-0.39, 0.29) is 10.8 Å². The molecule has 1 amide bonds. The highest BCUT2D eigenvalue weighted by atomic mass is 32.2. The number of carbonyl (C=O) groups is 1. The Morgan fingerprint density at radius 3 is 2.06 bits per heavy atom. The number of rotatable bonds is 9. The van der Waals surface area contributed by atoms with Crippen molar-refractivity contribution in [1.29, 1.82) is 0 Å². The SMILES string of the molecule is CCOc1ccc(NS(=O)(=O)c2ccc(NC(=O)c3ccccc3OCC)cc2)cc1. The Hall–Kier alpha value is -3.52. The number of amides is 1. The molecule has 0 unspecified atom stereocenters. The van der Waals surface area contributed by atoms with E-state index in [1.165, 1.54) is 24.3 Å². The van der Waals surface area contributed by atoms with Crippen LogP contribution in [-0.4, -0.2) is 27.5 Å². The quantitative estimate of drug-likeness (QED) is 0.510. The van der Waals surface area contributed by atoms with Gasteiger partial charge in [-0.25, -0.2) is 8.42 Å². The maximum atomic E-state index is 12.6. The van der Waals surface area contributed by atoms with Gasteiger partial charge in [0, 0.05) is 11.4 Å². The van der Waals surface area contributed by atoms with Gasteiger partial charge in [0.05, 0.1) is 23.7 Å². The Labute approximate surface area is 182 Å². The number of ether oxygens (including phenoxy) is 2. The molecule has 3 aromatic rings. The van der Waals surface area contributed by atoms with Gasteiger partial charge in [-0.3, -0.25) is 9.52 Å². The van der Waals surface area contributed by atoms with Crippen molar-refractivity contribution in [3.8, 4) is 11.5 Å². The van der Waals surface area contributed by atoms with Crippen molar-refractivity contribution in [2.45, 2.75) is 18.7 Å². The summed E-state index contributed by atoms with van der Waals surface area (Å²) in [5.41, 5.74) is 1.29. The summed E-state index contributed by atoms with van der Waals surface area (Å²) in [6, 6.07) is 19.5. The van der Waals surface area contributed by atoms with E-state index in [0.717, 1.165) is 0 Å². The molecule has 2 N–H and O–H groups in total. The van der Waals surface area contributed by atoms with Crippen molar-refractivity contribution >= 4 is 27.3 Å². The second-order valence-electron chi connectivity index (χ2n) is 6.47. The van der Waals surface area contributed by atoms with Gasteiger partial charge in [-0.2, -0.15) is 0 Å². The van der Waals surface area contributed by atoms with Crippen LogP contribution in [0, 0.1) is 0 Å². The summed E-state index contributed by atoms with van der Waals surface area (Å²) in [6.45, 7) is 4.69. The summed E-state index contributed by atoms with van der Waals surface area (Å²) >= 11 is 0. The minimum Gasteiger partial charge on any atom is -0.494 e. The lowest BCUT2D eigenvalue weighted by molar-refractivity contribution is 0.102. The molecule has 0 spiro atoms. The van der Waals surface area contributed by atoms with Gasteiger partial charge in [0.25, 0.3) is 15.9 Å². The molecule has 0 bridgehead atoms. The Balaban J connectivity index is 1.69. The van der Waals surface area contributed by atoms with Crippen LogP contribution in [-0.2, 0) is 10.0 Å². The van der Waals surface area contributed by atoms with E-state index in [1.54, 1.807) is 48.5 Å². The molecule has 162 valence electrons. The minimum atomic E-state index is -3.77. The molecule has 8 heteroatoms. The van der Waals surface area contributed by atoms with Crippen LogP contribution in [0.15, 0.2) is 77.7 Å². The van der Waals surface area contributed by atoms with Crippen molar-refractivity contribution in [2.75, 3.05) is 23.3 Å². The normalized spacial score (nSPS) is 10.9. The van der Waals surface area contributed by atoms with Crippen LogP contribution in [0.4, 0.5) is 11.4 Å². The molecule has 3 rings (SSSR count). The molecule has 3 aromatic carbocycles. The molecule has 0 aromatic heterocycles. The summed E-state index contributed by atoms with van der Waals surface area (Å²) in [5, 5.41) is 2.76. The summed E-state index contributed by atoms with van der Waals surface area (Å²) < 4.78 is 38.6. The van der Waals surface area contributed by atoms with Crippen molar-refractivity contribution < 1.29 is 22.7 Å². The Kier molecular flexibility index (Phi) is 7.15. The lowest BCUT2D eigenvalue weighted by atomic mass is 10.2. The monoisotopic (exact) mass is 440 g/mol. The standard InChI is InChI=1S/C23H24N2O5S/c1-3-29-19-13-9-18(10-14-19)25-31(27,28)20-15-11-17(12-16-20)24-23(26)21-7-5-6-8-22(21)30-4-2/h5-16,25H,3-4H2,1-2H3,(H,24,26). The highest BCUT2D eigenvalue weighted by molar-refractivity contribution is 7.92. The average molecular weight is 441 g/mol. The van der Waals surface area contributed by atoms with Crippen LogP contribution in [0.5, 0.6) is 11.5 Å². The van der Waals surface area contributed by atoms with Gasteiger partial charge in [0.1, 0.15) is 11.5 Å². The lowest BCUT2D eigenvalue weighted by Gasteiger charge is -2.12. The Bertz CT molecular complexity index is 1130. The first-order chi connectivity index (χ1) is 14.9. The zero-order valence-corrected chi connectivity index (χ0v) is 18.1. The summed E-state index contributed by atoms with van der Waals surface area (Å²) in [5.74, 6) is 0.810. The molecular formula is C23H24N2O5S. The number of sulfonamides is 1. The van der Waals surface area contributed by atoms with Crippen LogP contribution in [0.1, 0.15) is 24.2 Å². The third-order valence-corrected chi connectivity index (χ3v) is 5.67. The third-order valence-electron chi connectivity index (χ3n) is 4.27. The fraction of sp³-hybridized carbons (Fsp3) is 0.174. The van der Waals surface area contributed by atoms with Crippen molar-refractivity contribution in [1.82, 2.24) is 0 Å². The van der Waals surface area contributed by atoms with Gasteiger partial charge >= 0.3 is 0 Å². The Morgan fingerprint density at radius 1 is 0.806 bits per heavy atom. The second kappa shape index (κ2) is 9.99. The molecule has 0 saturated heterocycles. The van der Waals surface area contributed by atoms with Crippen LogP contribution in [0.3, 0.4) is 0 Å². The molecule has 0 fully saturated rings. The summed E-state index contributed by atoms with van der Waals surface area (Å²) in [4.78, 5) is 12.7. The molecule has 0 radical (unpaired) electrons. The van der Waals surface area contributed by atoms with E-state index in [4.69, 9.17) is 9.47 Å². The number of anilines is 2. The maximum absolute atomic E-state index is 12.6. The van der Waals surface area contributed by atoms with Gasteiger partial charge in [-0.15, -0.1) is 0 Å². The number of benzene rings is 3. The molecule has 31 heavy (non-hydrogen) atoms. The van der Waals surface area contributed by atoms with Crippen molar-refractivity contribution in [3.63, 3.8) is 0 Å². The highest BCUT2D eigenvalue weighted by Crippen LogP contribution is 2.22. The molecule has 0 aliphatic carbocycles. The smallest absolute Gasteiger partial charge is 0.261 e. The summed E-state index contributed by atoms with van der Waals surface area (Å²) in [7, 11) is -3.77. The number of hydrogen-bond acceptors (Lipinski definition) is 5. The van der Waals surface area contributed by atoms with Gasteiger partial charge in [-0.1, -0.05) is 12.1 Å². The molecule has 0 aliphatic heterocycles. The largest absolute Gasteiger partial charge is 0.494 e. The molecule has 0 saturated carbocycles. The van der Waals surface area contributed by atoms with E-state index in [0.29, 0.717) is 41.7 Å². The van der Waals surface area contributed by atoms with Crippen LogP contribution < -0.4 is 19.5 Å². The lowest BCUT2D eigenvalue weighted by Crippen LogP contribution is -2.15. The molecule has 7 nitrogen and oxygen atoms in total. The van der Waals surface area contributed by atoms with Crippen LogP contribution >= 0.6 is 0 Å². The van der Waals surface area contributed by atoms with E-state index in [1.807, 2.05) is 13.8 Å². The first kappa shape index (κ1) is 22.2. The predicted molar refractivity (Wildman–Crippen MR) is 120 cm³/mol.